The first-order valence-corrected chi connectivity index (χ1v) is 4.56. The largest absolute Gasteiger partial charge is 0.458 e. The second-order valence-electron chi connectivity index (χ2n) is 3.69. The lowest BCUT2D eigenvalue weighted by Gasteiger charge is -2.31. The van der Waals surface area contributed by atoms with E-state index in [0.717, 1.165) is 4.90 Å². The predicted octanol–water partition coefficient (Wildman–Crippen LogP) is 1.67. The van der Waals surface area contributed by atoms with Crippen molar-refractivity contribution in [1.29, 1.82) is 0 Å². The fourth-order valence-electron chi connectivity index (χ4n) is 1.56. The SMILES string of the molecule is OC1(C(F)(F)C(F)(F)F)CN2C=CC=CC2=N1. The molecule has 0 fully saturated rings. The maximum atomic E-state index is 13.1. The molecule has 1 unspecified atom stereocenters. The van der Waals surface area contributed by atoms with Crippen LogP contribution in [0.5, 0.6) is 0 Å². The van der Waals surface area contributed by atoms with Gasteiger partial charge in [0.25, 0.3) is 0 Å². The summed E-state index contributed by atoms with van der Waals surface area (Å²) in [6, 6.07) is 0. The van der Waals surface area contributed by atoms with Crippen LogP contribution >= 0.6 is 0 Å². The molecule has 1 N–H and O–H groups in total. The number of aliphatic imine (C=N–C) groups is 1. The van der Waals surface area contributed by atoms with Crippen molar-refractivity contribution in [3.05, 3.63) is 24.4 Å². The smallest absolute Gasteiger partial charge is 0.363 e. The first-order valence-electron chi connectivity index (χ1n) is 4.56. The maximum Gasteiger partial charge on any atom is 0.458 e. The summed E-state index contributed by atoms with van der Waals surface area (Å²) < 4.78 is 62.7. The Morgan fingerprint density at radius 1 is 1.24 bits per heavy atom. The van der Waals surface area contributed by atoms with Crippen molar-refractivity contribution >= 4 is 5.84 Å². The van der Waals surface area contributed by atoms with Gasteiger partial charge < -0.3 is 10.0 Å². The van der Waals surface area contributed by atoms with Crippen LogP contribution in [0, 0.1) is 0 Å². The number of hydrogen-bond acceptors (Lipinski definition) is 3. The van der Waals surface area contributed by atoms with Crippen molar-refractivity contribution in [2.75, 3.05) is 6.54 Å². The zero-order valence-electron chi connectivity index (χ0n) is 8.25. The molecule has 0 spiro atoms. The number of amidine groups is 1. The Kier molecular flexibility index (Phi) is 2.32. The molecule has 0 aromatic rings. The van der Waals surface area contributed by atoms with Gasteiger partial charge in [-0.3, -0.25) is 0 Å². The highest BCUT2D eigenvalue weighted by Crippen LogP contribution is 2.46. The Morgan fingerprint density at radius 3 is 2.41 bits per heavy atom. The molecular weight excluding hydrogens is 247 g/mol. The van der Waals surface area contributed by atoms with Gasteiger partial charge in [0.05, 0.1) is 6.54 Å². The van der Waals surface area contributed by atoms with Crippen LogP contribution in [0.4, 0.5) is 22.0 Å². The molecule has 0 aromatic carbocycles. The normalized spacial score (nSPS) is 28.4. The lowest BCUT2D eigenvalue weighted by molar-refractivity contribution is -0.338. The van der Waals surface area contributed by atoms with Gasteiger partial charge >= 0.3 is 12.1 Å². The quantitative estimate of drug-likeness (QED) is 0.722. The topological polar surface area (TPSA) is 35.8 Å². The summed E-state index contributed by atoms with van der Waals surface area (Å²) in [6.45, 7) is -0.935. The molecule has 0 aromatic heterocycles. The minimum absolute atomic E-state index is 0.126. The lowest BCUT2D eigenvalue weighted by Crippen LogP contribution is -2.58. The van der Waals surface area contributed by atoms with E-state index < -0.39 is 24.4 Å². The molecular formula is C9H7F5N2O. The van der Waals surface area contributed by atoms with Crippen LogP contribution in [0.1, 0.15) is 0 Å². The molecule has 0 radical (unpaired) electrons. The van der Waals surface area contributed by atoms with E-state index in [1.54, 1.807) is 0 Å². The highest BCUT2D eigenvalue weighted by molar-refractivity contribution is 5.96. The Morgan fingerprint density at radius 2 is 1.88 bits per heavy atom. The highest BCUT2D eigenvalue weighted by atomic mass is 19.4. The number of fused-ring (bicyclic) bond motifs is 1. The average molecular weight is 254 g/mol. The van der Waals surface area contributed by atoms with Gasteiger partial charge in [0, 0.05) is 6.20 Å². The highest BCUT2D eigenvalue weighted by Gasteiger charge is 2.72. The van der Waals surface area contributed by atoms with Crippen molar-refractivity contribution in [3.63, 3.8) is 0 Å². The van der Waals surface area contributed by atoms with E-state index in [1.165, 1.54) is 24.4 Å². The van der Waals surface area contributed by atoms with Gasteiger partial charge in [-0.15, -0.1) is 0 Å². The summed E-state index contributed by atoms with van der Waals surface area (Å²) in [5, 5.41) is 9.42. The first kappa shape index (κ1) is 12.0. The number of nitrogens with zero attached hydrogens (tertiary/aromatic N) is 2. The zero-order valence-corrected chi connectivity index (χ0v) is 8.25. The standard InChI is InChI=1S/C9H7F5N2O/c10-8(11,9(12,13)14)7(17)5-16-4-2-1-3-6(16)15-7/h1-4,17H,5H2. The minimum Gasteiger partial charge on any atom is -0.363 e. The molecule has 2 heterocycles. The summed E-state index contributed by atoms with van der Waals surface area (Å²) in [6.07, 6.45) is -0.481. The van der Waals surface area contributed by atoms with Gasteiger partial charge in [-0.1, -0.05) is 6.08 Å². The fraction of sp³-hybridized carbons (Fsp3) is 0.444. The summed E-state index contributed by atoms with van der Waals surface area (Å²) in [4.78, 5) is 4.10. The van der Waals surface area contributed by atoms with Crippen molar-refractivity contribution in [2.45, 2.75) is 17.8 Å². The Labute approximate surface area is 92.5 Å². The number of halogens is 5. The number of rotatable bonds is 1. The van der Waals surface area contributed by atoms with Crippen LogP contribution in [0.3, 0.4) is 0 Å². The first-order chi connectivity index (χ1) is 7.67. The van der Waals surface area contributed by atoms with Crippen molar-refractivity contribution < 1.29 is 27.1 Å². The van der Waals surface area contributed by atoms with Crippen molar-refractivity contribution in [1.82, 2.24) is 4.90 Å². The monoisotopic (exact) mass is 254 g/mol. The minimum atomic E-state index is -5.85. The summed E-state index contributed by atoms with van der Waals surface area (Å²) in [7, 11) is 0. The zero-order chi connectivity index (χ0) is 12.9. The average Bonchev–Trinajstić information content (AvgIpc) is 2.53. The van der Waals surface area contributed by atoms with Crippen LogP contribution in [0.2, 0.25) is 0 Å². The molecule has 8 heteroatoms. The van der Waals surface area contributed by atoms with E-state index in [1.807, 2.05) is 0 Å². The number of aliphatic hydroxyl groups is 1. The van der Waals surface area contributed by atoms with Gasteiger partial charge in [-0.05, 0) is 12.2 Å². The number of hydrogen-bond donors (Lipinski definition) is 1. The molecule has 0 aliphatic carbocycles. The van der Waals surface area contributed by atoms with Gasteiger partial charge in [0.1, 0.15) is 5.84 Å². The van der Waals surface area contributed by atoms with Crippen LogP contribution in [-0.4, -0.2) is 40.2 Å². The molecule has 2 aliphatic rings. The molecule has 3 nitrogen and oxygen atoms in total. The molecule has 17 heavy (non-hydrogen) atoms. The summed E-state index contributed by atoms with van der Waals surface area (Å²) in [5.41, 5.74) is -3.49. The van der Waals surface area contributed by atoms with Gasteiger partial charge in [-0.2, -0.15) is 22.0 Å². The maximum absolute atomic E-state index is 13.1. The molecule has 2 aliphatic heterocycles. The molecule has 1 atom stereocenters. The van der Waals surface area contributed by atoms with E-state index >= 15 is 0 Å². The Balaban J connectivity index is 2.38. The van der Waals surface area contributed by atoms with E-state index in [-0.39, 0.29) is 5.84 Å². The Bertz CT molecular complexity index is 426. The van der Waals surface area contributed by atoms with Gasteiger partial charge in [0.2, 0.25) is 5.72 Å². The van der Waals surface area contributed by atoms with Crippen LogP contribution in [0.25, 0.3) is 0 Å². The van der Waals surface area contributed by atoms with E-state index in [0.29, 0.717) is 0 Å². The lowest BCUT2D eigenvalue weighted by atomic mass is 10.1. The Hall–Kier alpha value is -1.44. The van der Waals surface area contributed by atoms with E-state index in [4.69, 9.17) is 0 Å². The molecule has 0 amide bonds. The number of allylic oxidation sites excluding steroid dienone is 2. The molecule has 94 valence electrons. The second-order valence-corrected chi connectivity index (χ2v) is 3.69. The van der Waals surface area contributed by atoms with Crippen molar-refractivity contribution in [3.8, 4) is 0 Å². The third-order valence-electron chi connectivity index (χ3n) is 2.47. The van der Waals surface area contributed by atoms with Crippen LogP contribution in [-0.2, 0) is 0 Å². The molecule has 2 rings (SSSR count). The molecule has 0 saturated heterocycles. The van der Waals surface area contributed by atoms with Crippen molar-refractivity contribution in [2.24, 2.45) is 4.99 Å². The third-order valence-corrected chi connectivity index (χ3v) is 2.47. The second kappa shape index (κ2) is 3.28. The summed E-state index contributed by atoms with van der Waals surface area (Å²) in [5.74, 6) is -5.43. The summed E-state index contributed by atoms with van der Waals surface area (Å²) >= 11 is 0. The molecule has 0 bridgehead atoms. The third kappa shape index (κ3) is 1.63. The van der Waals surface area contributed by atoms with Crippen LogP contribution in [0.15, 0.2) is 29.4 Å². The van der Waals surface area contributed by atoms with Crippen LogP contribution < -0.4 is 0 Å². The van der Waals surface area contributed by atoms with Gasteiger partial charge in [-0.25, -0.2) is 4.99 Å². The van der Waals surface area contributed by atoms with Gasteiger partial charge in [0.15, 0.2) is 0 Å². The number of alkyl halides is 5. The van der Waals surface area contributed by atoms with E-state index in [9.17, 15) is 27.1 Å². The van der Waals surface area contributed by atoms with E-state index in [2.05, 4.69) is 4.99 Å². The molecule has 0 saturated carbocycles. The fourth-order valence-corrected chi connectivity index (χ4v) is 1.56. The predicted molar refractivity (Wildman–Crippen MR) is 48.4 cm³/mol.